The molecule has 3 aliphatic rings. The van der Waals surface area contributed by atoms with Crippen LogP contribution in [0.15, 0.2) is 11.6 Å². The molecule has 1 heteroatoms. The molecule has 16 heavy (non-hydrogen) atoms. The minimum absolute atomic E-state index is 0.515. The van der Waals surface area contributed by atoms with Crippen LogP contribution in [0, 0.1) is 29.1 Å². The molecule has 3 aliphatic carbocycles. The number of hydrogen-bond donors (Lipinski definition) is 1. The average Bonchev–Trinajstić information content (AvgIpc) is 2.51. The first-order valence-corrected chi connectivity index (χ1v) is 6.78. The Bertz CT molecular complexity index is 350. The van der Waals surface area contributed by atoms with Crippen LogP contribution < -0.4 is 0 Å². The SMILES string of the molecule is CC1CC=C2C1C1C(CCC2(C)O)C1(C)C. The lowest BCUT2D eigenvalue weighted by Gasteiger charge is -2.31. The van der Waals surface area contributed by atoms with Crippen molar-refractivity contribution in [2.45, 2.75) is 52.6 Å². The Balaban J connectivity index is 1.99. The third-order valence-corrected chi connectivity index (χ3v) is 5.77. The van der Waals surface area contributed by atoms with Gasteiger partial charge in [0.1, 0.15) is 0 Å². The summed E-state index contributed by atoms with van der Waals surface area (Å²) in [7, 11) is 0. The highest BCUT2D eigenvalue weighted by Crippen LogP contribution is 2.70. The summed E-state index contributed by atoms with van der Waals surface area (Å²) in [6.07, 6.45) is 5.69. The monoisotopic (exact) mass is 220 g/mol. The average molecular weight is 220 g/mol. The van der Waals surface area contributed by atoms with E-state index in [0.29, 0.717) is 11.3 Å². The van der Waals surface area contributed by atoms with E-state index in [-0.39, 0.29) is 0 Å². The molecule has 0 amide bonds. The van der Waals surface area contributed by atoms with Crippen molar-refractivity contribution >= 4 is 0 Å². The second-order valence-electron chi connectivity index (χ2n) is 7.16. The van der Waals surface area contributed by atoms with Crippen LogP contribution in [0.5, 0.6) is 0 Å². The molecular weight excluding hydrogens is 196 g/mol. The first kappa shape index (κ1) is 10.8. The molecule has 0 spiro atoms. The lowest BCUT2D eigenvalue weighted by atomic mass is 9.78. The Hall–Kier alpha value is -0.300. The number of fused-ring (bicyclic) bond motifs is 3. The number of rotatable bonds is 0. The highest BCUT2D eigenvalue weighted by molar-refractivity contribution is 5.31. The van der Waals surface area contributed by atoms with Gasteiger partial charge < -0.3 is 5.11 Å². The summed E-state index contributed by atoms with van der Waals surface area (Å²) in [6.45, 7) is 9.23. The fourth-order valence-corrected chi connectivity index (χ4v) is 4.66. The molecular formula is C15H24O. The molecule has 0 saturated heterocycles. The van der Waals surface area contributed by atoms with Crippen LogP contribution >= 0.6 is 0 Å². The molecule has 0 heterocycles. The highest BCUT2D eigenvalue weighted by atomic mass is 16.3. The molecule has 0 aromatic carbocycles. The number of aliphatic hydroxyl groups is 1. The van der Waals surface area contributed by atoms with Gasteiger partial charge in [0.05, 0.1) is 5.60 Å². The van der Waals surface area contributed by atoms with Gasteiger partial charge in [-0.1, -0.05) is 26.8 Å². The molecule has 5 unspecified atom stereocenters. The topological polar surface area (TPSA) is 20.2 Å². The van der Waals surface area contributed by atoms with Gasteiger partial charge in [0.25, 0.3) is 0 Å². The van der Waals surface area contributed by atoms with Gasteiger partial charge in [-0.15, -0.1) is 0 Å². The number of hydrogen-bond acceptors (Lipinski definition) is 1. The van der Waals surface area contributed by atoms with E-state index in [0.717, 1.165) is 24.2 Å². The van der Waals surface area contributed by atoms with Gasteiger partial charge in [-0.2, -0.15) is 0 Å². The van der Waals surface area contributed by atoms with Crippen LogP contribution in [0.4, 0.5) is 0 Å². The predicted molar refractivity (Wildman–Crippen MR) is 66.0 cm³/mol. The molecule has 5 atom stereocenters. The first-order chi connectivity index (χ1) is 7.36. The van der Waals surface area contributed by atoms with Crippen molar-refractivity contribution < 1.29 is 5.11 Å². The molecule has 2 fully saturated rings. The fraction of sp³-hybridized carbons (Fsp3) is 0.867. The van der Waals surface area contributed by atoms with E-state index in [1.54, 1.807) is 0 Å². The van der Waals surface area contributed by atoms with Crippen LogP contribution in [0.3, 0.4) is 0 Å². The summed E-state index contributed by atoms with van der Waals surface area (Å²) in [6, 6.07) is 0. The minimum atomic E-state index is -0.515. The molecule has 0 aliphatic heterocycles. The Morgan fingerprint density at radius 3 is 2.69 bits per heavy atom. The second kappa shape index (κ2) is 2.93. The van der Waals surface area contributed by atoms with E-state index in [4.69, 9.17) is 0 Å². The van der Waals surface area contributed by atoms with E-state index in [2.05, 4.69) is 26.8 Å². The van der Waals surface area contributed by atoms with Crippen molar-refractivity contribution in [3.05, 3.63) is 11.6 Å². The standard InChI is InChI=1S/C15H24O/c1-9-5-6-10-12(9)13-11(14(13,2)3)7-8-15(10,4)16/h6,9,11-13,16H,5,7-8H2,1-4H3. The van der Waals surface area contributed by atoms with Gasteiger partial charge in [0, 0.05) is 0 Å². The Morgan fingerprint density at radius 2 is 2.00 bits per heavy atom. The predicted octanol–water partition coefficient (Wildman–Crippen LogP) is 3.39. The quantitative estimate of drug-likeness (QED) is 0.620. The maximum atomic E-state index is 10.6. The first-order valence-electron chi connectivity index (χ1n) is 6.78. The Kier molecular flexibility index (Phi) is 1.98. The van der Waals surface area contributed by atoms with E-state index < -0.39 is 5.60 Å². The van der Waals surface area contributed by atoms with Crippen LogP contribution in [-0.4, -0.2) is 10.7 Å². The lowest BCUT2D eigenvalue weighted by Crippen LogP contribution is -2.31. The smallest absolute Gasteiger partial charge is 0.0831 e. The van der Waals surface area contributed by atoms with Crippen molar-refractivity contribution in [3.8, 4) is 0 Å². The van der Waals surface area contributed by atoms with E-state index in [1.165, 1.54) is 18.4 Å². The zero-order valence-electron chi connectivity index (χ0n) is 11.0. The molecule has 0 aromatic rings. The maximum absolute atomic E-state index is 10.6. The van der Waals surface area contributed by atoms with E-state index in [9.17, 15) is 5.11 Å². The third-order valence-electron chi connectivity index (χ3n) is 5.77. The minimum Gasteiger partial charge on any atom is -0.386 e. The maximum Gasteiger partial charge on any atom is 0.0831 e. The number of allylic oxidation sites excluding steroid dienone is 1. The molecule has 0 radical (unpaired) electrons. The molecule has 2 saturated carbocycles. The van der Waals surface area contributed by atoms with Crippen molar-refractivity contribution in [1.82, 2.24) is 0 Å². The Morgan fingerprint density at radius 1 is 1.31 bits per heavy atom. The van der Waals surface area contributed by atoms with Gasteiger partial charge in [-0.25, -0.2) is 0 Å². The van der Waals surface area contributed by atoms with Crippen LogP contribution in [0.2, 0.25) is 0 Å². The van der Waals surface area contributed by atoms with Crippen molar-refractivity contribution in [3.63, 3.8) is 0 Å². The lowest BCUT2D eigenvalue weighted by molar-refractivity contribution is 0.0738. The van der Waals surface area contributed by atoms with Crippen LogP contribution in [-0.2, 0) is 0 Å². The largest absolute Gasteiger partial charge is 0.386 e. The van der Waals surface area contributed by atoms with Gasteiger partial charge in [0.15, 0.2) is 0 Å². The van der Waals surface area contributed by atoms with Crippen molar-refractivity contribution in [2.75, 3.05) is 0 Å². The molecule has 0 bridgehead atoms. The highest BCUT2D eigenvalue weighted by Gasteiger charge is 2.64. The Labute approximate surface area is 98.9 Å². The summed E-state index contributed by atoms with van der Waals surface area (Å²) in [5, 5.41) is 10.6. The summed E-state index contributed by atoms with van der Waals surface area (Å²) >= 11 is 0. The summed E-state index contributed by atoms with van der Waals surface area (Å²) < 4.78 is 0. The van der Waals surface area contributed by atoms with E-state index in [1.807, 2.05) is 6.92 Å². The van der Waals surface area contributed by atoms with Crippen molar-refractivity contribution in [1.29, 1.82) is 0 Å². The summed E-state index contributed by atoms with van der Waals surface area (Å²) in [5.41, 5.74) is 1.38. The van der Waals surface area contributed by atoms with Crippen LogP contribution in [0.25, 0.3) is 0 Å². The molecule has 1 nitrogen and oxygen atoms in total. The normalized spacial score (nSPS) is 53.7. The van der Waals surface area contributed by atoms with Crippen LogP contribution in [0.1, 0.15) is 47.0 Å². The zero-order valence-corrected chi connectivity index (χ0v) is 11.0. The van der Waals surface area contributed by atoms with Crippen molar-refractivity contribution in [2.24, 2.45) is 29.1 Å². The summed E-state index contributed by atoms with van der Waals surface area (Å²) in [4.78, 5) is 0. The van der Waals surface area contributed by atoms with E-state index >= 15 is 0 Å². The van der Waals surface area contributed by atoms with Gasteiger partial charge in [0.2, 0.25) is 0 Å². The van der Waals surface area contributed by atoms with Gasteiger partial charge >= 0.3 is 0 Å². The zero-order chi connectivity index (χ0) is 11.7. The van der Waals surface area contributed by atoms with Gasteiger partial charge in [-0.3, -0.25) is 0 Å². The fourth-order valence-electron chi connectivity index (χ4n) is 4.66. The molecule has 90 valence electrons. The van der Waals surface area contributed by atoms with Gasteiger partial charge in [-0.05, 0) is 60.8 Å². The molecule has 1 N–H and O–H groups in total. The third kappa shape index (κ3) is 1.21. The summed E-state index contributed by atoms with van der Waals surface area (Å²) in [5.74, 6) is 3.10. The molecule has 3 rings (SSSR count). The molecule has 0 aromatic heterocycles. The second-order valence-corrected chi connectivity index (χ2v) is 7.16.